The number of hydrogen-bond acceptors (Lipinski definition) is 2. The highest BCUT2D eigenvalue weighted by Crippen LogP contribution is 2.42. The molecule has 0 radical (unpaired) electrons. The molecule has 0 saturated carbocycles. The van der Waals surface area contributed by atoms with Crippen molar-refractivity contribution in [1.82, 2.24) is 4.90 Å². The van der Waals surface area contributed by atoms with Crippen molar-refractivity contribution in [2.24, 2.45) is 5.41 Å². The van der Waals surface area contributed by atoms with Gasteiger partial charge in [0.2, 0.25) is 0 Å². The lowest BCUT2D eigenvalue weighted by molar-refractivity contribution is -0.142. The monoisotopic (exact) mass is 227 g/mol. The third-order valence-electron chi connectivity index (χ3n) is 3.19. The summed E-state index contributed by atoms with van der Waals surface area (Å²) < 4.78 is 0. The molecule has 1 heterocycles. The van der Waals surface area contributed by atoms with Gasteiger partial charge in [0, 0.05) is 6.04 Å². The Balaban J connectivity index is 3.07. The fourth-order valence-corrected chi connectivity index (χ4v) is 2.39. The fourth-order valence-electron chi connectivity index (χ4n) is 2.39. The third-order valence-corrected chi connectivity index (χ3v) is 3.19. The maximum Gasteiger partial charge on any atom is 0.408 e. The van der Waals surface area contributed by atoms with E-state index in [-0.39, 0.29) is 11.5 Å². The maximum absolute atomic E-state index is 11.1. The molecular formula is C11H17NO4. The van der Waals surface area contributed by atoms with Crippen molar-refractivity contribution in [1.29, 1.82) is 0 Å². The number of likely N-dealkylation sites (tertiary alicyclic amines) is 1. The summed E-state index contributed by atoms with van der Waals surface area (Å²) in [5.41, 5.74) is -0.338. The Labute approximate surface area is 94.4 Å². The van der Waals surface area contributed by atoms with Gasteiger partial charge in [-0.15, -0.1) is 6.58 Å². The molecule has 0 aliphatic carbocycles. The van der Waals surface area contributed by atoms with Gasteiger partial charge in [0.25, 0.3) is 0 Å². The average Bonchev–Trinajstić information content (AvgIpc) is 2.39. The zero-order valence-corrected chi connectivity index (χ0v) is 9.51. The third kappa shape index (κ3) is 2.03. The Morgan fingerprint density at radius 3 is 2.44 bits per heavy atom. The molecule has 1 unspecified atom stereocenters. The van der Waals surface area contributed by atoms with Crippen molar-refractivity contribution in [3.63, 3.8) is 0 Å². The van der Waals surface area contributed by atoms with E-state index in [1.54, 1.807) is 6.08 Å². The van der Waals surface area contributed by atoms with Crippen LogP contribution in [0.3, 0.4) is 0 Å². The molecule has 1 aliphatic rings. The largest absolute Gasteiger partial charge is 0.480 e. The molecule has 0 aromatic rings. The van der Waals surface area contributed by atoms with Crippen LogP contribution in [0.5, 0.6) is 0 Å². The summed E-state index contributed by atoms with van der Waals surface area (Å²) in [6.07, 6.45) is 1.27. The van der Waals surface area contributed by atoms with Crippen molar-refractivity contribution >= 4 is 12.1 Å². The first-order chi connectivity index (χ1) is 7.31. The van der Waals surface area contributed by atoms with E-state index < -0.39 is 18.1 Å². The number of nitrogens with zero attached hydrogens (tertiary/aromatic N) is 1. The van der Waals surface area contributed by atoms with Crippen LogP contribution in [0, 0.1) is 5.41 Å². The van der Waals surface area contributed by atoms with Gasteiger partial charge in [0.05, 0.1) is 0 Å². The SMILES string of the molecule is C=CCC1N(C(=O)O)[C@H](C(=O)O)CC1(C)C. The first-order valence-corrected chi connectivity index (χ1v) is 5.16. The van der Waals surface area contributed by atoms with Gasteiger partial charge < -0.3 is 10.2 Å². The molecule has 90 valence electrons. The number of carboxylic acid groups (broad SMARTS) is 2. The summed E-state index contributed by atoms with van der Waals surface area (Å²) >= 11 is 0. The summed E-state index contributed by atoms with van der Waals surface area (Å²) in [7, 11) is 0. The van der Waals surface area contributed by atoms with Gasteiger partial charge in [-0.2, -0.15) is 0 Å². The van der Waals surface area contributed by atoms with Crippen molar-refractivity contribution in [2.75, 3.05) is 0 Å². The smallest absolute Gasteiger partial charge is 0.408 e. The molecule has 2 N–H and O–H groups in total. The second kappa shape index (κ2) is 4.15. The number of carbonyl (C=O) groups is 2. The van der Waals surface area contributed by atoms with Gasteiger partial charge in [0.15, 0.2) is 0 Å². The molecule has 5 heteroatoms. The van der Waals surface area contributed by atoms with E-state index in [0.717, 1.165) is 4.90 Å². The zero-order chi connectivity index (χ0) is 12.5. The maximum atomic E-state index is 11.1. The molecule has 2 atom stereocenters. The molecule has 0 aromatic heterocycles. The number of aliphatic carboxylic acids is 1. The van der Waals surface area contributed by atoms with Crippen LogP contribution in [-0.4, -0.2) is 39.3 Å². The van der Waals surface area contributed by atoms with Crippen molar-refractivity contribution in [3.05, 3.63) is 12.7 Å². The zero-order valence-electron chi connectivity index (χ0n) is 9.51. The van der Waals surface area contributed by atoms with E-state index >= 15 is 0 Å². The van der Waals surface area contributed by atoms with Gasteiger partial charge in [0.1, 0.15) is 6.04 Å². The van der Waals surface area contributed by atoms with Gasteiger partial charge in [-0.3, -0.25) is 4.90 Å². The molecule has 5 nitrogen and oxygen atoms in total. The number of rotatable bonds is 3. The quantitative estimate of drug-likeness (QED) is 0.720. The van der Waals surface area contributed by atoms with E-state index in [0.29, 0.717) is 12.8 Å². The van der Waals surface area contributed by atoms with Crippen LogP contribution in [0.15, 0.2) is 12.7 Å². The Morgan fingerprint density at radius 2 is 2.06 bits per heavy atom. The van der Waals surface area contributed by atoms with Crippen molar-refractivity contribution < 1.29 is 19.8 Å². The van der Waals surface area contributed by atoms with Crippen molar-refractivity contribution in [2.45, 2.75) is 38.8 Å². The highest BCUT2D eigenvalue weighted by Gasteiger charge is 2.50. The van der Waals surface area contributed by atoms with Gasteiger partial charge in [-0.25, -0.2) is 9.59 Å². The van der Waals surface area contributed by atoms with Crippen LogP contribution in [0.25, 0.3) is 0 Å². The Morgan fingerprint density at radius 1 is 1.50 bits per heavy atom. The highest BCUT2D eigenvalue weighted by molar-refractivity contribution is 5.80. The van der Waals surface area contributed by atoms with E-state index in [9.17, 15) is 9.59 Å². The van der Waals surface area contributed by atoms with Crippen LogP contribution in [0.2, 0.25) is 0 Å². The lowest BCUT2D eigenvalue weighted by Gasteiger charge is -2.30. The predicted octanol–water partition coefficient (Wildman–Crippen LogP) is 1.79. The standard InChI is InChI=1S/C11H17NO4/c1-4-5-8-11(2,3)6-7(9(13)14)12(8)10(15)16/h4,7-8H,1,5-6H2,2-3H3,(H,13,14)(H,15,16)/t7-,8?/m0/s1. The van der Waals surface area contributed by atoms with E-state index in [1.165, 1.54) is 0 Å². The lowest BCUT2D eigenvalue weighted by Crippen LogP contribution is -2.45. The molecule has 16 heavy (non-hydrogen) atoms. The Bertz CT molecular complexity index is 324. The Hall–Kier alpha value is -1.52. The van der Waals surface area contributed by atoms with Crippen LogP contribution >= 0.6 is 0 Å². The normalized spacial score (nSPS) is 27.8. The average molecular weight is 227 g/mol. The van der Waals surface area contributed by atoms with Crippen LogP contribution in [0.1, 0.15) is 26.7 Å². The van der Waals surface area contributed by atoms with Crippen LogP contribution in [-0.2, 0) is 4.79 Å². The fraction of sp³-hybridized carbons (Fsp3) is 0.636. The number of carboxylic acids is 1. The second-order valence-electron chi connectivity index (χ2n) is 4.78. The summed E-state index contributed by atoms with van der Waals surface area (Å²) in [6.45, 7) is 7.36. The van der Waals surface area contributed by atoms with Crippen LogP contribution < -0.4 is 0 Å². The number of hydrogen-bond donors (Lipinski definition) is 2. The van der Waals surface area contributed by atoms with E-state index in [1.807, 2.05) is 13.8 Å². The number of amides is 1. The summed E-state index contributed by atoms with van der Waals surface area (Å²) in [4.78, 5) is 23.2. The first-order valence-electron chi connectivity index (χ1n) is 5.16. The minimum Gasteiger partial charge on any atom is -0.480 e. The van der Waals surface area contributed by atoms with Crippen molar-refractivity contribution in [3.8, 4) is 0 Å². The van der Waals surface area contributed by atoms with Gasteiger partial charge in [-0.05, 0) is 18.3 Å². The molecule has 1 saturated heterocycles. The molecule has 1 aliphatic heterocycles. The lowest BCUT2D eigenvalue weighted by atomic mass is 9.82. The molecule has 0 spiro atoms. The van der Waals surface area contributed by atoms with Gasteiger partial charge in [-0.1, -0.05) is 19.9 Å². The first kappa shape index (κ1) is 12.5. The summed E-state index contributed by atoms with van der Waals surface area (Å²) in [5.74, 6) is -1.08. The molecule has 1 rings (SSSR count). The minimum atomic E-state index is -1.18. The topological polar surface area (TPSA) is 77.8 Å². The summed E-state index contributed by atoms with van der Waals surface area (Å²) in [6, 6.07) is -1.26. The second-order valence-corrected chi connectivity index (χ2v) is 4.78. The van der Waals surface area contributed by atoms with E-state index in [4.69, 9.17) is 10.2 Å². The molecule has 0 aromatic carbocycles. The molecule has 1 amide bonds. The summed E-state index contributed by atoms with van der Waals surface area (Å²) in [5, 5.41) is 18.1. The molecule has 1 fully saturated rings. The highest BCUT2D eigenvalue weighted by atomic mass is 16.4. The minimum absolute atomic E-state index is 0.316. The molecule has 0 bridgehead atoms. The Kier molecular flexibility index (Phi) is 3.26. The van der Waals surface area contributed by atoms with Gasteiger partial charge >= 0.3 is 12.1 Å². The van der Waals surface area contributed by atoms with E-state index in [2.05, 4.69) is 6.58 Å². The predicted molar refractivity (Wildman–Crippen MR) is 58.3 cm³/mol. The molecular weight excluding hydrogens is 210 g/mol. The van der Waals surface area contributed by atoms with Crippen LogP contribution in [0.4, 0.5) is 4.79 Å².